The molecule has 0 amide bonds. The predicted octanol–water partition coefficient (Wildman–Crippen LogP) is 3.43. The number of alkyl halides is 1. The second-order valence-electron chi connectivity index (χ2n) is 4.46. The number of Topliss-reactive ketones (excluding diaryl/α,β-unsaturated/α-hetero) is 1. The summed E-state index contributed by atoms with van der Waals surface area (Å²) in [5.74, 6) is -1.14. The number of amidine groups is 1. The third-order valence-electron chi connectivity index (χ3n) is 2.72. The lowest BCUT2D eigenvalue weighted by Gasteiger charge is -2.31. The summed E-state index contributed by atoms with van der Waals surface area (Å²) in [5, 5.41) is 7.57. The zero-order valence-electron chi connectivity index (χ0n) is 12.3. The largest absolute Gasteiger partial charge is 0.386 e. The van der Waals surface area contributed by atoms with E-state index in [-0.39, 0.29) is 13.2 Å². The summed E-state index contributed by atoms with van der Waals surface area (Å²) < 4.78 is 21.7. The smallest absolute Gasteiger partial charge is 0.362 e. The Morgan fingerprint density at radius 3 is 1.90 bits per heavy atom. The fourth-order valence-corrected chi connectivity index (χ4v) is 3.87. The van der Waals surface area contributed by atoms with E-state index in [0.717, 1.165) is 12.8 Å². The number of ketones is 1. The molecule has 8 heteroatoms. The van der Waals surface area contributed by atoms with Crippen LogP contribution in [-0.4, -0.2) is 28.9 Å². The summed E-state index contributed by atoms with van der Waals surface area (Å²) >= 11 is 3.03. The molecule has 1 atom stereocenters. The quantitative estimate of drug-likeness (QED) is 0.190. The summed E-state index contributed by atoms with van der Waals surface area (Å²) in [5.41, 5.74) is 5.45. The van der Waals surface area contributed by atoms with Crippen LogP contribution >= 0.6 is 23.5 Å². The van der Waals surface area contributed by atoms with Crippen LogP contribution < -0.4 is 5.73 Å². The van der Waals surface area contributed by atoms with Gasteiger partial charge in [-0.2, -0.15) is 0 Å². The highest BCUT2D eigenvalue weighted by molar-refractivity contribution is 9.11. The van der Waals surface area contributed by atoms with Crippen molar-refractivity contribution in [2.45, 2.75) is 50.5 Å². The zero-order valence-corrected chi connectivity index (χ0v) is 14.8. The van der Waals surface area contributed by atoms with Crippen molar-refractivity contribution in [2.24, 2.45) is 5.73 Å². The van der Waals surface area contributed by atoms with E-state index in [9.17, 15) is 9.36 Å². The Labute approximate surface area is 128 Å². The van der Waals surface area contributed by atoms with Crippen LogP contribution in [0.25, 0.3) is 0 Å². The molecule has 1 unspecified atom stereocenters. The molecule has 0 aromatic heterocycles. The van der Waals surface area contributed by atoms with E-state index in [1.165, 1.54) is 6.92 Å². The number of nitrogens with two attached hydrogens (primary N) is 1. The molecule has 6 nitrogen and oxygen atoms in total. The van der Waals surface area contributed by atoms with E-state index in [1.54, 1.807) is 0 Å². The van der Waals surface area contributed by atoms with E-state index >= 15 is 0 Å². The first-order valence-corrected chi connectivity index (χ1v) is 9.03. The fraction of sp³-hybridized carbons (Fsp3) is 0.833. The maximum Gasteiger partial charge on any atom is 0.362 e. The van der Waals surface area contributed by atoms with Crippen LogP contribution in [0.2, 0.25) is 0 Å². The standard InChI is InChI=1S/C12H24BrN2O4P/c1-4-6-8-18-20(17,19-9-7-5-2)12(13,10(3)16)11(14)15/h4-9H2,1-3H3,(H3,14,15). The molecule has 3 N–H and O–H groups in total. The highest BCUT2D eigenvalue weighted by Gasteiger charge is 2.56. The summed E-state index contributed by atoms with van der Waals surface area (Å²) in [4.78, 5) is 11.8. The molecule has 0 bridgehead atoms. The molecule has 0 fully saturated rings. The Hall–Kier alpha value is -0.230. The third-order valence-corrected chi connectivity index (χ3v) is 7.36. The van der Waals surface area contributed by atoms with Gasteiger partial charge in [-0.15, -0.1) is 0 Å². The highest BCUT2D eigenvalue weighted by atomic mass is 79.9. The average molecular weight is 371 g/mol. The van der Waals surface area contributed by atoms with E-state index in [0.29, 0.717) is 12.8 Å². The van der Waals surface area contributed by atoms with Crippen molar-refractivity contribution in [3.8, 4) is 0 Å². The van der Waals surface area contributed by atoms with Crippen LogP contribution in [0.5, 0.6) is 0 Å². The lowest BCUT2D eigenvalue weighted by molar-refractivity contribution is -0.116. The monoisotopic (exact) mass is 370 g/mol. The second kappa shape index (κ2) is 8.93. The molecule has 0 aliphatic heterocycles. The molecule has 0 heterocycles. The van der Waals surface area contributed by atoms with E-state index < -0.39 is 23.3 Å². The summed E-state index contributed by atoms with van der Waals surface area (Å²) in [7, 11) is -3.90. The van der Waals surface area contributed by atoms with E-state index in [2.05, 4.69) is 15.9 Å². The fourth-order valence-electron chi connectivity index (χ4n) is 1.40. The third kappa shape index (κ3) is 4.65. The van der Waals surface area contributed by atoms with Gasteiger partial charge in [0.2, 0.25) is 4.07 Å². The van der Waals surface area contributed by atoms with Gasteiger partial charge in [-0.3, -0.25) is 14.8 Å². The Balaban J connectivity index is 5.29. The van der Waals surface area contributed by atoms with Gasteiger partial charge in [-0.25, -0.2) is 0 Å². The van der Waals surface area contributed by atoms with Crippen molar-refractivity contribution < 1.29 is 18.4 Å². The van der Waals surface area contributed by atoms with Gasteiger partial charge in [-0.1, -0.05) is 42.6 Å². The summed E-state index contributed by atoms with van der Waals surface area (Å²) in [6.07, 6.45) is 3.06. The first-order chi connectivity index (χ1) is 9.26. The van der Waals surface area contributed by atoms with E-state index in [1.807, 2.05) is 13.8 Å². The van der Waals surface area contributed by atoms with E-state index in [4.69, 9.17) is 20.2 Å². The minimum atomic E-state index is -3.90. The van der Waals surface area contributed by atoms with Crippen LogP contribution in [0.3, 0.4) is 0 Å². The molecular weight excluding hydrogens is 347 g/mol. The number of unbranched alkanes of at least 4 members (excludes halogenated alkanes) is 2. The normalized spacial score (nSPS) is 14.8. The number of nitrogens with one attached hydrogen (secondary N) is 1. The minimum absolute atomic E-state index is 0.188. The Bertz CT molecular complexity index is 362. The second-order valence-corrected chi connectivity index (χ2v) is 8.45. The maximum atomic E-state index is 12.9. The van der Waals surface area contributed by atoms with Crippen molar-refractivity contribution in [1.29, 1.82) is 5.41 Å². The van der Waals surface area contributed by atoms with Crippen molar-refractivity contribution in [2.75, 3.05) is 13.2 Å². The first kappa shape index (κ1) is 19.8. The zero-order chi connectivity index (χ0) is 15.8. The number of halogens is 1. The van der Waals surface area contributed by atoms with Gasteiger partial charge in [0.05, 0.1) is 13.2 Å². The van der Waals surface area contributed by atoms with Gasteiger partial charge in [0.1, 0.15) is 5.84 Å². The molecule has 0 saturated carbocycles. The molecule has 0 saturated heterocycles. The number of carbonyl (C=O) groups is 1. The Morgan fingerprint density at radius 2 is 1.65 bits per heavy atom. The Morgan fingerprint density at radius 1 is 1.25 bits per heavy atom. The number of carbonyl (C=O) groups excluding carboxylic acids is 1. The lowest BCUT2D eigenvalue weighted by Crippen LogP contribution is -2.44. The van der Waals surface area contributed by atoms with Crippen LogP contribution in [-0.2, 0) is 18.4 Å². The van der Waals surface area contributed by atoms with Crippen molar-refractivity contribution in [3.05, 3.63) is 0 Å². The molecule has 0 spiro atoms. The van der Waals surface area contributed by atoms with Crippen molar-refractivity contribution in [3.63, 3.8) is 0 Å². The molecule has 0 rings (SSSR count). The Kier molecular flexibility index (Phi) is 8.82. The van der Waals surface area contributed by atoms with Gasteiger partial charge in [-0.05, 0) is 19.8 Å². The van der Waals surface area contributed by atoms with Gasteiger partial charge in [0, 0.05) is 0 Å². The molecule has 0 aromatic rings. The van der Waals surface area contributed by atoms with Gasteiger partial charge >= 0.3 is 7.60 Å². The van der Waals surface area contributed by atoms with Gasteiger partial charge < -0.3 is 14.8 Å². The molecule has 0 radical (unpaired) electrons. The lowest BCUT2D eigenvalue weighted by atomic mass is 10.3. The topological polar surface area (TPSA) is 102 Å². The average Bonchev–Trinajstić information content (AvgIpc) is 2.37. The molecular formula is C12H24BrN2O4P. The van der Waals surface area contributed by atoms with Crippen LogP contribution in [0, 0.1) is 5.41 Å². The predicted molar refractivity (Wildman–Crippen MR) is 83.6 cm³/mol. The van der Waals surface area contributed by atoms with Crippen molar-refractivity contribution in [1.82, 2.24) is 0 Å². The first-order valence-electron chi connectivity index (χ1n) is 6.69. The summed E-state index contributed by atoms with van der Waals surface area (Å²) in [6.45, 7) is 5.50. The minimum Gasteiger partial charge on any atom is -0.386 e. The number of rotatable bonds is 11. The maximum absolute atomic E-state index is 12.9. The number of hydrogen-bond donors (Lipinski definition) is 2. The summed E-state index contributed by atoms with van der Waals surface area (Å²) in [6, 6.07) is 0. The van der Waals surface area contributed by atoms with Crippen LogP contribution in [0.15, 0.2) is 0 Å². The molecule has 20 heavy (non-hydrogen) atoms. The molecule has 118 valence electrons. The highest BCUT2D eigenvalue weighted by Crippen LogP contribution is 2.63. The molecule has 0 aliphatic carbocycles. The van der Waals surface area contributed by atoms with Crippen LogP contribution in [0.1, 0.15) is 46.5 Å². The van der Waals surface area contributed by atoms with Crippen molar-refractivity contribution >= 4 is 35.1 Å². The molecule has 0 aliphatic rings. The van der Waals surface area contributed by atoms with Crippen LogP contribution in [0.4, 0.5) is 0 Å². The molecule has 0 aromatic carbocycles. The van der Waals surface area contributed by atoms with Gasteiger partial charge in [0.15, 0.2) is 5.78 Å². The SMILES string of the molecule is CCCCOP(=O)(OCCCC)C(Br)(C(=N)N)C(C)=O. The van der Waals surface area contributed by atoms with Gasteiger partial charge in [0.25, 0.3) is 0 Å². The number of hydrogen-bond acceptors (Lipinski definition) is 5.